The molecule has 0 saturated heterocycles. The molecule has 5 aromatic rings. The van der Waals surface area contributed by atoms with Gasteiger partial charge in [0.25, 0.3) is 5.91 Å². The number of hydrogen-bond acceptors (Lipinski definition) is 3. The second-order valence-electron chi connectivity index (χ2n) is 7.80. The van der Waals surface area contributed by atoms with Gasteiger partial charge >= 0.3 is 0 Å². The highest BCUT2D eigenvalue weighted by Crippen LogP contribution is 2.31. The van der Waals surface area contributed by atoms with E-state index in [-0.39, 0.29) is 12.5 Å². The first-order valence-electron chi connectivity index (χ1n) is 10.8. The molecule has 0 aliphatic heterocycles. The van der Waals surface area contributed by atoms with Crippen molar-refractivity contribution in [3.63, 3.8) is 0 Å². The molecule has 0 aliphatic rings. The standard InChI is InChI=1S/C28H23N3O2/c1-31-26-14-8-7-13-24(26)25(28(31)21-10-3-2-4-11-21)18-29-30-27(32)19-33-23-16-15-20-9-5-6-12-22(20)17-23/h2-18H,19H2,1H3,(H,30,32)/b29-18+. The molecule has 0 radical (unpaired) electrons. The van der Waals surface area contributed by atoms with Gasteiger partial charge in [-0.1, -0.05) is 78.9 Å². The van der Waals surface area contributed by atoms with E-state index in [1.807, 2.05) is 79.8 Å². The van der Waals surface area contributed by atoms with Crippen LogP contribution >= 0.6 is 0 Å². The summed E-state index contributed by atoms with van der Waals surface area (Å²) in [6, 6.07) is 32.1. The quantitative estimate of drug-likeness (QED) is 0.283. The van der Waals surface area contributed by atoms with Crippen LogP contribution < -0.4 is 10.2 Å². The van der Waals surface area contributed by atoms with Gasteiger partial charge in [-0.15, -0.1) is 0 Å². The van der Waals surface area contributed by atoms with E-state index in [4.69, 9.17) is 4.74 Å². The van der Waals surface area contributed by atoms with Gasteiger partial charge in [0, 0.05) is 23.5 Å². The Hall–Kier alpha value is -4.38. The van der Waals surface area contributed by atoms with Crippen molar-refractivity contribution in [2.24, 2.45) is 12.1 Å². The summed E-state index contributed by atoms with van der Waals surface area (Å²) in [6.07, 6.45) is 1.71. The Balaban J connectivity index is 1.33. The van der Waals surface area contributed by atoms with Gasteiger partial charge in [0.2, 0.25) is 0 Å². The number of para-hydroxylation sites is 1. The van der Waals surface area contributed by atoms with E-state index in [0.717, 1.165) is 38.5 Å². The van der Waals surface area contributed by atoms with E-state index in [2.05, 4.69) is 39.4 Å². The number of nitrogens with one attached hydrogen (secondary N) is 1. The number of amides is 1. The lowest BCUT2D eigenvalue weighted by Gasteiger charge is -2.07. The smallest absolute Gasteiger partial charge is 0.277 e. The Labute approximate surface area is 191 Å². The van der Waals surface area contributed by atoms with Gasteiger partial charge < -0.3 is 9.30 Å². The minimum Gasteiger partial charge on any atom is -0.484 e. The minimum absolute atomic E-state index is 0.114. The van der Waals surface area contributed by atoms with E-state index < -0.39 is 0 Å². The summed E-state index contributed by atoms with van der Waals surface area (Å²) in [5.41, 5.74) is 6.77. The Morgan fingerprint density at radius 3 is 2.48 bits per heavy atom. The number of hydrazone groups is 1. The molecule has 162 valence electrons. The van der Waals surface area contributed by atoms with Gasteiger partial charge in [0.15, 0.2) is 6.61 Å². The van der Waals surface area contributed by atoms with Crippen molar-refractivity contribution in [3.05, 3.63) is 103 Å². The number of ether oxygens (including phenoxy) is 1. The van der Waals surface area contributed by atoms with Gasteiger partial charge in [-0.2, -0.15) is 5.10 Å². The Morgan fingerprint density at radius 2 is 1.64 bits per heavy atom. The largest absolute Gasteiger partial charge is 0.484 e. The van der Waals surface area contributed by atoms with Gasteiger partial charge in [-0.05, 0) is 34.5 Å². The highest BCUT2D eigenvalue weighted by Gasteiger charge is 2.15. The van der Waals surface area contributed by atoms with Crippen LogP contribution in [0, 0.1) is 0 Å². The van der Waals surface area contributed by atoms with Gasteiger partial charge in [-0.25, -0.2) is 5.43 Å². The predicted octanol–water partition coefficient (Wildman–Crippen LogP) is 5.53. The topological polar surface area (TPSA) is 55.6 Å². The van der Waals surface area contributed by atoms with Crippen LogP contribution in [-0.2, 0) is 11.8 Å². The molecule has 0 aliphatic carbocycles. The van der Waals surface area contributed by atoms with Gasteiger partial charge in [0.1, 0.15) is 5.75 Å². The number of nitrogens with zero attached hydrogens (tertiary/aromatic N) is 2. The summed E-state index contributed by atoms with van der Waals surface area (Å²) >= 11 is 0. The van der Waals surface area contributed by atoms with Crippen LogP contribution in [-0.4, -0.2) is 23.3 Å². The summed E-state index contributed by atoms with van der Waals surface area (Å²) in [4.78, 5) is 12.3. The van der Waals surface area contributed by atoms with Crippen LogP contribution in [0.1, 0.15) is 5.56 Å². The number of hydrogen-bond donors (Lipinski definition) is 1. The molecule has 0 fully saturated rings. The SMILES string of the molecule is Cn1c(-c2ccccc2)c(/C=N/NC(=O)COc2ccc3ccccc3c2)c2ccccc21. The minimum atomic E-state index is -0.319. The maximum Gasteiger partial charge on any atom is 0.277 e. The van der Waals surface area contributed by atoms with Crippen LogP contribution in [0.5, 0.6) is 5.75 Å². The molecule has 0 bridgehead atoms. The molecule has 5 heteroatoms. The highest BCUT2D eigenvalue weighted by molar-refractivity contribution is 6.06. The van der Waals surface area contributed by atoms with Crippen molar-refractivity contribution in [2.45, 2.75) is 0 Å². The maximum atomic E-state index is 12.3. The first-order chi connectivity index (χ1) is 16.2. The van der Waals surface area contributed by atoms with Crippen LogP contribution in [0.15, 0.2) is 102 Å². The number of aryl methyl sites for hydroxylation is 1. The van der Waals surface area contributed by atoms with E-state index in [1.54, 1.807) is 6.21 Å². The van der Waals surface area contributed by atoms with Crippen LogP contribution in [0.2, 0.25) is 0 Å². The van der Waals surface area contributed by atoms with Crippen LogP contribution in [0.4, 0.5) is 0 Å². The number of carbonyl (C=O) groups excluding carboxylic acids is 1. The number of fused-ring (bicyclic) bond motifs is 2. The number of aromatic nitrogens is 1. The molecule has 1 aromatic heterocycles. The Bertz CT molecular complexity index is 1470. The normalized spacial score (nSPS) is 11.3. The Kier molecular flexibility index (Phi) is 5.60. The zero-order valence-electron chi connectivity index (χ0n) is 18.2. The molecule has 0 unspecified atom stereocenters. The lowest BCUT2D eigenvalue weighted by molar-refractivity contribution is -0.123. The number of benzene rings is 4. The molecule has 0 saturated carbocycles. The fraction of sp³-hybridized carbons (Fsp3) is 0.0714. The molecule has 1 N–H and O–H groups in total. The average Bonchev–Trinajstić information content (AvgIpc) is 3.15. The van der Waals surface area contributed by atoms with E-state index in [9.17, 15) is 4.79 Å². The monoisotopic (exact) mass is 433 g/mol. The molecule has 33 heavy (non-hydrogen) atoms. The zero-order chi connectivity index (χ0) is 22.6. The zero-order valence-corrected chi connectivity index (χ0v) is 18.2. The van der Waals surface area contributed by atoms with E-state index in [0.29, 0.717) is 5.75 Å². The van der Waals surface area contributed by atoms with Crippen molar-refractivity contribution >= 4 is 33.8 Å². The van der Waals surface area contributed by atoms with Crippen molar-refractivity contribution in [2.75, 3.05) is 6.61 Å². The van der Waals surface area contributed by atoms with E-state index in [1.165, 1.54) is 0 Å². The third kappa shape index (κ3) is 4.21. The maximum absolute atomic E-state index is 12.3. The molecule has 4 aromatic carbocycles. The van der Waals surface area contributed by atoms with Crippen molar-refractivity contribution < 1.29 is 9.53 Å². The molecular weight excluding hydrogens is 410 g/mol. The molecule has 0 atom stereocenters. The first kappa shape index (κ1) is 20.5. The highest BCUT2D eigenvalue weighted by atomic mass is 16.5. The van der Waals surface area contributed by atoms with Gasteiger partial charge in [-0.3, -0.25) is 4.79 Å². The fourth-order valence-electron chi connectivity index (χ4n) is 4.11. The van der Waals surface area contributed by atoms with Crippen LogP contribution in [0.25, 0.3) is 32.9 Å². The van der Waals surface area contributed by atoms with Crippen molar-refractivity contribution in [3.8, 4) is 17.0 Å². The fourth-order valence-corrected chi connectivity index (χ4v) is 4.11. The lowest BCUT2D eigenvalue weighted by Crippen LogP contribution is -2.24. The van der Waals surface area contributed by atoms with E-state index >= 15 is 0 Å². The number of carbonyl (C=O) groups is 1. The predicted molar refractivity (Wildman–Crippen MR) is 134 cm³/mol. The lowest BCUT2D eigenvalue weighted by atomic mass is 10.1. The summed E-state index contributed by atoms with van der Waals surface area (Å²) in [5.74, 6) is 0.328. The van der Waals surface area contributed by atoms with Crippen molar-refractivity contribution in [1.82, 2.24) is 9.99 Å². The molecule has 0 spiro atoms. The third-order valence-corrected chi connectivity index (χ3v) is 5.67. The number of rotatable bonds is 6. The third-order valence-electron chi connectivity index (χ3n) is 5.67. The molecule has 5 rings (SSSR count). The second kappa shape index (κ2) is 9.01. The molecule has 1 heterocycles. The second-order valence-corrected chi connectivity index (χ2v) is 7.80. The molecule has 1 amide bonds. The van der Waals surface area contributed by atoms with Crippen LogP contribution in [0.3, 0.4) is 0 Å². The summed E-state index contributed by atoms with van der Waals surface area (Å²) < 4.78 is 7.81. The summed E-state index contributed by atoms with van der Waals surface area (Å²) in [6.45, 7) is -0.114. The first-order valence-corrected chi connectivity index (χ1v) is 10.8. The summed E-state index contributed by atoms with van der Waals surface area (Å²) in [7, 11) is 2.04. The molecular formula is C28H23N3O2. The van der Waals surface area contributed by atoms with Gasteiger partial charge in [0.05, 0.1) is 11.9 Å². The molecule has 5 nitrogen and oxygen atoms in total. The van der Waals surface area contributed by atoms with Crippen molar-refractivity contribution in [1.29, 1.82) is 0 Å². The summed E-state index contributed by atoms with van der Waals surface area (Å²) in [5, 5.41) is 7.50. The average molecular weight is 434 g/mol. The Morgan fingerprint density at radius 1 is 0.909 bits per heavy atom.